The van der Waals surface area contributed by atoms with E-state index in [1.165, 1.54) is 11.1 Å². The molecule has 3 heteroatoms. The van der Waals surface area contributed by atoms with Crippen LogP contribution in [0.3, 0.4) is 0 Å². The Hall–Kier alpha value is -0.510. The molecule has 0 fully saturated rings. The van der Waals surface area contributed by atoms with E-state index >= 15 is 0 Å². The Kier molecular flexibility index (Phi) is 9.05. The van der Waals surface area contributed by atoms with Crippen LogP contribution >= 0.6 is 11.8 Å². The van der Waals surface area contributed by atoms with Crippen molar-refractivity contribution in [1.82, 2.24) is 5.32 Å². The third-order valence-electron chi connectivity index (χ3n) is 3.79. The van der Waals surface area contributed by atoms with Crippen LogP contribution in [-0.4, -0.2) is 29.3 Å². The summed E-state index contributed by atoms with van der Waals surface area (Å²) in [7, 11) is 0. The van der Waals surface area contributed by atoms with Gasteiger partial charge in [-0.1, -0.05) is 52.0 Å². The highest BCUT2D eigenvalue weighted by Crippen LogP contribution is 2.28. The van der Waals surface area contributed by atoms with E-state index in [0.717, 1.165) is 25.1 Å². The standard InChI is InChI=1S/C18H31NOS/c1-5-11-19-18(15(4)21-13-14(3)12-20)17-9-7-16(6-2)8-10-17/h7-10,14-15,18-20H,5-6,11-13H2,1-4H3. The summed E-state index contributed by atoms with van der Waals surface area (Å²) in [5.74, 6) is 1.38. The van der Waals surface area contributed by atoms with Crippen LogP contribution in [0.4, 0.5) is 0 Å². The third kappa shape index (κ3) is 6.41. The zero-order valence-electron chi connectivity index (χ0n) is 13.9. The second-order valence-corrected chi connectivity index (χ2v) is 7.26. The minimum Gasteiger partial charge on any atom is -0.396 e. The first-order valence-electron chi connectivity index (χ1n) is 8.17. The van der Waals surface area contributed by atoms with Gasteiger partial charge in [0, 0.05) is 17.9 Å². The van der Waals surface area contributed by atoms with Crippen LogP contribution in [0.1, 0.15) is 51.3 Å². The summed E-state index contributed by atoms with van der Waals surface area (Å²) in [5, 5.41) is 13.4. The van der Waals surface area contributed by atoms with Crippen molar-refractivity contribution in [1.29, 1.82) is 0 Å². The van der Waals surface area contributed by atoms with E-state index in [-0.39, 0.29) is 6.61 Å². The minimum absolute atomic E-state index is 0.276. The number of aliphatic hydroxyl groups excluding tert-OH is 1. The second-order valence-electron chi connectivity index (χ2n) is 5.85. The number of hydrogen-bond donors (Lipinski definition) is 2. The average Bonchev–Trinajstić information content (AvgIpc) is 2.53. The second kappa shape index (κ2) is 10.3. The number of aryl methyl sites for hydroxylation is 1. The molecule has 2 N–H and O–H groups in total. The quantitative estimate of drug-likeness (QED) is 0.684. The molecular formula is C18H31NOS. The van der Waals surface area contributed by atoms with Crippen molar-refractivity contribution in [3.63, 3.8) is 0 Å². The fourth-order valence-electron chi connectivity index (χ4n) is 2.28. The summed E-state index contributed by atoms with van der Waals surface area (Å²) in [6, 6.07) is 9.39. The highest BCUT2D eigenvalue weighted by Gasteiger charge is 2.19. The van der Waals surface area contributed by atoms with E-state index in [2.05, 4.69) is 57.3 Å². The Morgan fingerprint density at radius 3 is 2.33 bits per heavy atom. The summed E-state index contributed by atoms with van der Waals surface area (Å²) in [6.07, 6.45) is 2.24. The minimum atomic E-state index is 0.276. The monoisotopic (exact) mass is 309 g/mol. The van der Waals surface area contributed by atoms with Gasteiger partial charge in [-0.15, -0.1) is 0 Å². The normalized spacial score (nSPS) is 15.7. The number of hydrogen-bond acceptors (Lipinski definition) is 3. The molecule has 21 heavy (non-hydrogen) atoms. The zero-order chi connectivity index (χ0) is 15.7. The molecule has 0 aliphatic heterocycles. The van der Waals surface area contributed by atoms with Gasteiger partial charge < -0.3 is 10.4 Å². The highest BCUT2D eigenvalue weighted by atomic mass is 32.2. The summed E-state index contributed by atoms with van der Waals surface area (Å²) >= 11 is 1.95. The first kappa shape index (κ1) is 18.5. The van der Waals surface area contributed by atoms with Gasteiger partial charge in [0.25, 0.3) is 0 Å². The van der Waals surface area contributed by atoms with Crippen LogP contribution in [-0.2, 0) is 6.42 Å². The van der Waals surface area contributed by atoms with E-state index < -0.39 is 0 Å². The highest BCUT2D eigenvalue weighted by molar-refractivity contribution is 7.99. The first-order valence-corrected chi connectivity index (χ1v) is 9.21. The fraction of sp³-hybridized carbons (Fsp3) is 0.667. The van der Waals surface area contributed by atoms with Crippen molar-refractivity contribution < 1.29 is 5.11 Å². The average molecular weight is 310 g/mol. The van der Waals surface area contributed by atoms with Crippen LogP contribution in [0.5, 0.6) is 0 Å². The van der Waals surface area contributed by atoms with Gasteiger partial charge in [0.2, 0.25) is 0 Å². The molecule has 0 radical (unpaired) electrons. The zero-order valence-corrected chi connectivity index (χ0v) is 14.7. The molecule has 0 aromatic heterocycles. The molecule has 0 aliphatic carbocycles. The van der Waals surface area contributed by atoms with Crippen molar-refractivity contribution in [2.45, 2.75) is 51.8 Å². The Morgan fingerprint density at radius 1 is 1.14 bits per heavy atom. The molecule has 0 saturated heterocycles. The number of thioether (sulfide) groups is 1. The van der Waals surface area contributed by atoms with Crippen molar-refractivity contribution in [3.8, 4) is 0 Å². The van der Waals surface area contributed by atoms with Crippen LogP contribution in [0.25, 0.3) is 0 Å². The lowest BCUT2D eigenvalue weighted by molar-refractivity contribution is 0.250. The Morgan fingerprint density at radius 2 is 1.81 bits per heavy atom. The van der Waals surface area contributed by atoms with Crippen LogP contribution in [0.2, 0.25) is 0 Å². The lowest BCUT2D eigenvalue weighted by atomic mass is 10.0. The molecule has 2 nitrogen and oxygen atoms in total. The topological polar surface area (TPSA) is 32.3 Å². The largest absolute Gasteiger partial charge is 0.396 e. The molecule has 0 bridgehead atoms. The molecular weight excluding hydrogens is 278 g/mol. The Labute approximate surface area is 134 Å². The van der Waals surface area contributed by atoms with Crippen molar-refractivity contribution in [3.05, 3.63) is 35.4 Å². The van der Waals surface area contributed by atoms with Crippen LogP contribution < -0.4 is 5.32 Å². The Bertz CT molecular complexity index is 379. The molecule has 0 spiro atoms. The molecule has 3 atom stereocenters. The maximum atomic E-state index is 9.17. The molecule has 0 aliphatic rings. The number of aliphatic hydroxyl groups is 1. The SMILES string of the molecule is CCCNC(c1ccc(CC)cc1)C(C)SCC(C)CO. The van der Waals surface area contributed by atoms with Gasteiger partial charge >= 0.3 is 0 Å². The molecule has 1 aromatic rings. The van der Waals surface area contributed by atoms with Gasteiger partial charge in [-0.05, 0) is 42.2 Å². The van der Waals surface area contributed by atoms with Gasteiger partial charge in [0.15, 0.2) is 0 Å². The molecule has 0 heterocycles. The van der Waals surface area contributed by atoms with Gasteiger partial charge in [-0.3, -0.25) is 0 Å². The van der Waals surface area contributed by atoms with Crippen molar-refractivity contribution in [2.75, 3.05) is 18.9 Å². The maximum Gasteiger partial charge on any atom is 0.0464 e. The van der Waals surface area contributed by atoms with E-state index in [9.17, 15) is 5.11 Å². The number of rotatable bonds is 10. The number of nitrogens with one attached hydrogen (secondary N) is 1. The van der Waals surface area contributed by atoms with Crippen molar-refractivity contribution >= 4 is 11.8 Å². The number of benzene rings is 1. The molecule has 3 unspecified atom stereocenters. The van der Waals surface area contributed by atoms with E-state index in [1.807, 2.05) is 11.8 Å². The van der Waals surface area contributed by atoms with Crippen LogP contribution in [0, 0.1) is 5.92 Å². The lowest BCUT2D eigenvalue weighted by Crippen LogP contribution is -2.30. The molecule has 0 saturated carbocycles. The first-order chi connectivity index (χ1) is 10.1. The predicted molar refractivity (Wildman–Crippen MR) is 95.0 cm³/mol. The summed E-state index contributed by atoms with van der Waals surface area (Å²) in [4.78, 5) is 0. The summed E-state index contributed by atoms with van der Waals surface area (Å²) in [5.41, 5.74) is 2.76. The molecule has 1 rings (SSSR count). The van der Waals surface area contributed by atoms with E-state index in [4.69, 9.17) is 0 Å². The fourth-order valence-corrected chi connectivity index (χ4v) is 3.46. The van der Waals surface area contributed by atoms with E-state index in [0.29, 0.717) is 17.2 Å². The lowest BCUT2D eigenvalue weighted by Gasteiger charge is -2.26. The summed E-state index contributed by atoms with van der Waals surface area (Å²) in [6.45, 7) is 10.1. The smallest absolute Gasteiger partial charge is 0.0464 e. The van der Waals surface area contributed by atoms with Crippen LogP contribution in [0.15, 0.2) is 24.3 Å². The van der Waals surface area contributed by atoms with E-state index in [1.54, 1.807) is 0 Å². The molecule has 1 aromatic carbocycles. The van der Waals surface area contributed by atoms with Gasteiger partial charge in [0.05, 0.1) is 0 Å². The molecule has 120 valence electrons. The van der Waals surface area contributed by atoms with Gasteiger partial charge in [-0.2, -0.15) is 11.8 Å². The Balaban J connectivity index is 2.72. The maximum absolute atomic E-state index is 9.17. The van der Waals surface area contributed by atoms with Crippen molar-refractivity contribution in [2.24, 2.45) is 5.92 Å². The molecule has 0 amide bonds. The van der Waals surface area contributed by atoms with Gasteiger partial charge in [0.1, 0.15) is 0 Å². The van der Waals surface area contributed by atoms with Gasteiger partial charge in [-0.25, -0.2) is 0 Å². The predicted octanol–water partition coefficient (Wildman–Crippen LogP) is 4.04. The third-order valence-corrected chi connectivity index (χ3v) is 5.35. The summed E-state index contributed by atoms with van der Waals surface area (Å²) < 4.78 is 0.